The number of carbonyl (C=O) groups is 1. The van der Waals surface area contributed by atoms with Gasteiger partial charge in [-0.05, 0) is 28.9 Å². The first-order chi connectivity index (χ1) is 9.49. The lowest BCUT2D eigenvalue weighted by Gasteiger charge is -2.29. The van der Waals surface area contributed by atoms with E-state index < -0.39 is 17.7 Å². The molecule has 0 aliphatic carbocycles. The van der Waals surface area contributed by atoms with Gasteiger partial charge in [0.1, 0.15) is 17.7 Å². The monoisotopic (exact) mass is 348 g/mol. The van der Waals surface area contributed by atoms with Crippen LogP contribution in [0.3, 0.4) is 0 Å². The van der Waals surface area contributed by atoms with Gasteiger partial charge in [0.15, 0.2) is 0 Å². The van der Waals surface area contributed by atoms with Gasteiger partial charge in [-0.3, -0.25) is 4.79 Å². The normalized spacial score (nSPS) is 16.9. The summed E-state index contributed by atoms with van der Waals surface area (Å²) in [7, 11) is 0. The van der Waals surface area contributed by atoms with E-state index in [1.807, 2.05) is 0 Å². The molecule has 1 aromatic carbocycles. The highest BCUT2D eigenvalue weighted by Gasteiger charge is 2.23. The highest BCUT2D eigenvalue weighted by Crippen LogP contribution is 2.24. The molecule has 1 aliphatic rings. The molecule has 0 bridgehead atoms. The summed E-state index contributed by atoms with van der Waals surface area (Å²) in [5.41, 5.74) is -0.0280. The second-order valence-corrected chi connectivity index (χ2v) is 5.40. The minimum atomic E-state index is -0.636. The van der Waals surface area contributed by atoms with Gasteiger partial charge in [-0.1, -0.05) is 0 Å². The molecule has 1 N–H and O–H groups in total. The van der Waals surface area contributed by atoms with Crippen molar-refractivity contribution >= 4 is 27.5 Å². The van der Waals surface area contributed by atoms with Crippen LogP contribution in [0.25, 0.3) is 0 Å². The first-order valence-electron chi connectivity index (χ1n) is 6.26. The molecule has 1 heterocycles. The topological polar surface area (TPSA) is 41.6 Å². The van der Waals surface area contributed by atoms with E-state index in [2.05, 4.69) is 21.2 Å². The van der Waals surface area contributed by atoms with Gasteiger partial charge in [-0.2, -0.15) is 0 Å². The van der Waals surface area contributed by atoms with E-state index >= 15 is 0 Å². The molecule has 1 saturated heterocycles. The molecule has 1 aliphatic heterocycles. The van der Waals surface area contributed by atoms with Gasteiger partial charge < -0.3 is 15.0 Å². The van der Waals surface area contributed by atoms with Crippen molar-refractivity contribution in [3.8, 4) is 0 Å². The second kappa shape index (κ2) is 6.49. The van der Waals surface area contributed by atoms with E-state index in [-0.39, 0.29) is 16.1 Å². The Balaban J connectivity index is 2.05. The van der Waals surface area contributed by atoms with E-state index in [9.17, 15) is 13.6 Å². The van der Waals surface area contributed by atoms with Gasteiger partial charge in [0.2, 0.25) is 5.91 Å². The number of nitrogens with one attached hydrogen (secondary N) is 1. The summed E-state index contributed by atoms with van der Waals surface area (Å²) in [6.45, 7) is 3.65. The molecule has 2 rings (SSSR count). The van der Waals surface area contributed by atoms with Crippen molar-refractivity contribution in [2.24, 2.45) is 0 Å². The fourth-order valence-electron chi connectivity index (χ4n) is 1.99. The number of morpholine rings is 1. The minimum Gasteiger partial charge on any atom is -0.378 e. The van der Waals surface area contributed by atoms with Gasteiger partial charge in [0.25, 0.3) is 0 Å². The Bertz CT molecular complexity index is 507. The summed E-state index contributed by atoms with van der Waals surface area (Å²) in [6.07, 6.45) is 0. The van der Waals surface area contributed by atoms with Gasteiger partial charge in [-0.25, -0.2) is 8.78 Å². The maximum atomic E-state index is 13.7. The number of anilines is 1. The van der Waals surface area contributed by atoms with Crippen LogP contribution in [0.1, 0.15) is 6.92 Å². The van der Waals surface area contributed by atoms with Crippen LogP contribution in [0.5, 0.6) is 0 Å². The van der Waals surface area contributed by atoms with Crippen LogP contribution in [0, 0.1) is 11.6 Å². The molecule has 1 unspecified atom stereocenters. The summed E-state index contributed by atoms with van der Waals surface area (Å²) < 4.78 is 32.3. The number of ether oxygens (including phenoxy) is 1. The second-order valence-electron chi connectivity index (χ2n) is 4.55. The van der Waals surface area contributed by atoms with Crippen LogP contribution < -0.4 is 5.32 Å². The fraction of sp³-hybridized carbons (Fsp3) is 0.462. The van der Waals surface area contributed by atoms with Crippen LogP contribution in [-0.4, -0.2) is 43.2 Å². The largest absolute Gasteiger partial charge is 0.378 e. The Morgan fingerprint density at radius 1 is 1.35 bits per heavy atom. The summed E-state index contributed by atoms with van der Waals surface area (Å²) in [6, 6.07) is 1.43. The predicted octanol–water partition coefficient (Wildman–Crippen LogP) is 2.39. The summed E-state index contributed by atoms with van der Waals surface area (Å²) >= 11 is 2.91. The number of halogens is 3. The van der Waals surface area contributed by atoms with E-state index in [0.29, 0.717) is 26.3 Å². The lowest BCUT2D eigenvalue weighted by molar-refractivity contribution is -0.135. The number of amides is 1. The molecule has 1 amide bonds. The zero-order chi connectivity index (χ0) is 14.7. The standard InChI is InChI=1S/C13H15BrF2N2O2/c1-8(13(19)18-2-4-20-5-3-18)17-12-7-10(15)9(14)6-11(12)16/h6-8,17H,2-5H2,1H3. The lowest BCUT2D eigenvalue weighted by Crippen LogP contribution is -2.47. The van der Waals surface area contributed by atoms with Crippen LogP contribution in [-0.2, 0) is 9.53 Å². The van der Waals surface area contributed by atoms with E-state index in [0.717, 1.165) is 12.1 Å². The fourth-order valence-corrected chi connectivity index (χ4v) is 2.30. The van der Waals surface area contributed by atoms with Crippen molar-refractivity contribution < 1.29 is 18.3 Å². The zero-order valence-corrected chi connectivity index (χ0v) is 12.5. The van der Waals surface area contributed by atoms with Crippen LogP contribution in [0.2, 0.25) is 0 Å². The van der Waals surface area contributed by atoms with E-state index in [1.54, 1.807) is 11.8 Å². The van der Waals surface area contributed by atoms with Crippen molar-refractivity contribution in [1.29, 1.82) is 0 Å². The third-order valence-electron chi connectivity index (χ3n) is 3.08. The number of hydrogen-bond acceptors (Lipinski definition) is 3. The van der Waals surface area contributed by atoms with E-state index in [1.165, 1.54) is 0 Å². The maximum absolute atomic E-state index is 13.7. The SMILES string of the molecule is CC(Nc1cc(F)c(Br)cc1F)C(=O)N1CCOCC1. The molecule has 110 valence electrons. The first-order valence-corrected chi connectivity index (χ1v) is 7.06. The Kier molecular flexibility index (Phi) is 4.93. The number of hydrogen-bond donors (Lipinski definition) is 1. The Morgan fingerprint density at radius 2 is 2.00 bits per heavy atom. The zero-order valence-electron chi connectivity index (χ0n) is 11.0. The predicted molar refractivity (Wildman–Crippen MR) is 74.5 cm³/mol. The average molecular weight is 349 g/mol. The summed E-state index contributed by atoms with van der Waals surface area (Å²) in [5, 5.41) is 2.71. The molecule has 0 saturated carbocycles. The summed E-state index contributed by atoms with van der Waals surface area (Å²) in [5.74, 6) is -1.35. The average Bonchev–Trinajstić information content (AvgIpc) is 2.44. The Hall–Kier alpha value is -1.21. The molecule has 4 nitrogen and oxygen atoms in total. The summed E-state index contributed by atoms with van der Waals surface area (Å²) in [4.78, 5) is 13.8. The van der Waals surface area contributed by atoms with Crippen molar-refractivity contribution in [2.45, 2.75) is 13.0 Å². The number of nitrogens with zero attached hydrogens (tertiary/aromatic N) is 1. The molecule has 0 radical (unpaired) electrons. The van der Waals surface area contributed by atoms with Gasteiger partial charge in [-0.15, -0.1) is 0 Å². The molecule has 1 fully saturated rings. The van der Waals surface area contributed by atoms with Gasteiger partial charge in [0.05, 0.1) is 23.4 Å². The van der Waals surface area contributed by atoms with Crippen LogP contribution in [0.15, 0.2) is 16.6 Å². The molecule has 20 heavy (non-hydrogen) atoms. The van der Waals surface area contributed by atoms with Crippen molar-refractivity contribution in [3.63, 3.8) is 0 Å². The molecular formula is C13H15BrF2N2O2. The smallest absolute Gasteiger partial charge is 0.244 e. The van der Waals surface area contributed by atoms with Crippen LogP contribution in [0.4, 0.5) is 14.5 Å². The number of carbonyl (C=O) groups excluding carboxylic acids is 1. The molecule has 0 aromatic heterocycles. The van der Waals surface area contributed by atoms with E-state index in [4.69, 9.17) is 4.74 Å². The number of benzene rings is 1. The molecular weight excluding hydrogens is 334 g/mol. The Morgan fingerprint density at radius 3 is 2.65 bits per heavy atom. The minimum absolute atomic E-state index is 0.0280. The molecule has 7 heteroatoms. The highest BCUT2D eigenvalue weighted by molar-refractivity contribution is 9.10. The number of rotatable bonds is 3. The highest BCUT2D eigenvalue weighted by atomic mass is 79.9. The van der Waals surface area contributed by atoms with Crippen LogP contribution >= 0.6 is 15.9 Å². The van der Waals surface area contributed by atoms with Crippen molar-refractivity contribution in [3.05, 3.63) is 28.2 Å². The quantitative estimate of drug-likeness (QED) is 0.852. The molecule has 1 atom stereocenters. The maximum Gasteiger partial charge on any atom is 0.244 e. The molecule has 0 spiro atoms. The van der Waals surface area contributed by atoms with Crippen molar-refractivity contribution in [1.82, 2.24) is 4.90 Å². The lowest BCUT2D eigenvalue weighted by atomic mass is 10.2. The van der Waals surface area contributed by atoms with Gasteiger partial charge in [0, 0.05) is 19.2 Å². The first kappa shape index (κ1) is 15.2. The molecule has 1 aromatic rings. The third-order valence-corrected chi connectivity index (χ3v) is 3.68. The third kappa shape index (κ3) is 3.46. The van der Waals surface area contributed by atoms with Gasteiger partial charge >= 0.3 is 0 Å². The van der Waals surface area contributed by atoms with Crippen molar-refractivity contribution in [2.75, 3.05) is 31.6 Å². The Labute approximate surface area is 124 Å².